The Morgan fingerprint density at radius 1 is 1.03 bits per heavy atom. The number of aromatic nitrogens is 2. The number of H-pyrrole nitrogens is 1. The average molecular weight is 440 g/mol. The summed E-state index contributed by atoms with van der Waals surface area (Å²) in [4.78, 5) is 34.5. The summed E-state index contributed by atoms with van der Waals surface area (Å²) in [6.07, 6.45) is 1.43. The van der Waals surface area contributed by atoms with E-state index < -0.39 is 0 Å². The molecule has 1 aliphatic rings. The molecule has 1 N–H and O–H groups in total. The lowest BCUT2D eigenvalue weighted by atomic mass is 10.0. The van der Waals surface area contributed by atoms with Crippen LogP contribution in [0, 0.1) is 0 Å². The molecule has 1 unspecified atom stereocenters. The van der Waals surface area contributed by atoms with Gasteiger partial charge in [-0.15, -0.1) is 0 Å². The normalized spacial score (nSPS) is 15.7. The zero-order valence-electron chi connectivity index (χ0n) is 18.5. The van der Waals surface area contributed by atoms with Crippen LogP contribution in [0.4, 0.5) is 4.79 Å². The van der Waals surface area contributed by atoms with Crippen LogP contribution in [0.1, 0.15) is 47.6 Å². The third-order valence-corrected chi connectivity index (χ3v) is 6.11. The number of carbonyl (C=O) groups is 2. The third-order valence-electron chi connectivity index (χ3n) is 6.11. The number of benzene rings is 3. The number of hydrogen-bond acceptors (Lipinski definition) is 4. The number of likely N-dealkylation sites (tertiary alicyclic amines) is 1. The number of carbonyl (C=O) groups excluding carboxylic acids is 2. The van der Waals surface area contributed by atoms with Crippen molar-refractivity contribution in [2.45, 2.75) is 32.4 Å². The molecule has 1 fully saturated rings. The topological polar surface area (TPSA) is 75.3 Å². The summed E-state index contributed by atoms with van der Waals surface area (Å²) in [6, 6.07) is 23.2. The number of nitrogens with zero attached hydrogens (tertiary/aromatic N) is 2. The first-order valence-electron chi connectivity index (χ1n) is 11.2. The van der Waals surface area contributed by atoms with Gasteiger partial charge in [-0.1, -0.05) is 54.6 Å². The van der Waals surface area contributed by atoms with E-state index in [1.165, 1.54) is 0 Å². The molecule has 0 saturated carbocycles. The molecule has 6 nitrogen and oxygen atoms in total. The average Bonchev–Trinajstić information content (AvgIpc) is 3.50. The summed E-state index contributed by atoms with van der Waals surface area (Å²) in [5.74, 6) is 0.816. The van der Waals surface area contributed by atoms with Gasteiger partial charge in [0.2, 0.25) is 0 Å². The van der Waals surface area contributed by atoms with Crippen molar-refractivity contribution in [3.63, 3.8) is 0 Å². The maximum absolute atomic E-state index is 12.8. The van der Waals surface area contributed by atoms with E-state index in [1.54, 1.807) is 11.8 Å². The minimum absolute atomic E-state index is 0.0437. The van der Waals surface area contributed by atoms with Crippen molar-refractivity contribution in [1.82, 2.24) is 14.9 Å². The molecule has 2 heterocycles. The molecule has 6 heteroatoms. The summed E-state index contributed by atoms with van der Waals surface area (Å²) < 4.78 is 5.56. The van der Waals surface area contributed by atoms with E-state index in [4.69, 9.17) is 9.72 Å². The summed E-state index contributed by atoms with van der Waals surface area (Å²) in [5.41, 5.74) is 5.39. The van der Waals surface area contributed by atoms with Gasteiger partial charge >= 0.3 is 6.09 Å². The van der Waals surface area contributed by atoms with Crippen LogP contribution in [0.5, 0.6) is 0 Å². The van der Waals surface area contributed by atoms with Gasteiger partial charge in [-0.05, 0) is 54.7 Å². The number of hydrogen-bond donors (Lipinski definition) is 1. The van der Waals surface area contributed by atoms with E-state index in [1.807, 2.05) is 72.8 Å². The number of ether oxygens (including phenoxy) is 1. The number of Topliss-reactive ketones (excluding diaryl/α,β-unsaturated/α-hetero) is 1. The minimum atomic E-state index is -0.316. The fraction of sp³-hybridized carbons (Fsp3) is 0.222. The zero-order valence-corrected chi connectivity index (χ0v) is 18.5. The summed E-state index contributed by atoms with van der Waals surface area (Å²) in [6.45, 7) is 2.48. The molecule has 0 radical (unpaired) electrons. The molecular formula is C27H25N3O3. The maximum Gasteiger partial charge on any atom is 0.410 e. The predicted octanol–water partition coefficient (Wildman–Crippen LogP) is 5.91. The van der Waals surface area contributed by atoms with E-state index >= 15 is 0 Å². The molecule has 1 aromatic heterocycles. The molecule has 1 saturated heterocycles. The van der Waals surface area contributed by atoms with Gasteiger partial charge in [0.15, 0.2) is 5.78 Å². The monoisotopic (exact) mass is 439 g/mol. The molecule has 1 amide bonds. The molecule has 5 rings (SSSR count). The van der Waals surface area contributed by atoms with Crippen LogP contribution in [-0.4, -0.2) is 33.3 Å². The van der Waals surface area contributed by atoms with Gasteiger partial charge in [-0.2, -0.15) is 0 Å². The highest BCUT2D eigenvalue weighted by Gasteiger charge is 2.33. The van der Waals surface area contributed by atoms with Crippen LogP contribution in [-0.2, 0) is 11.3 Å². The molecule has 33 heavy (non-hydrogen) atoms. The molecular weight excluding hydrogens is 414 g/mol. The largest absolute Gasteiger partial charge is 0.445 e. The lowest BCUT2D eigenvalue weighted by Crippen LogP contribution is -2.31. The molecule has 0 bridgehead atoms. The first-order chi connectivity index (χ1) is 16.1. The Labute approximate surface area is 192 Å². The van der Waals surface area contributed by atoms with E-state index in [0.29, 0.717) is 12.1 Å². The van der Waals surface area contributed by atoms with Crippen LogP contribution in [0.15, 0.2) is 72.8 Å². The van der Waals surface area contributed by atoms with E-state index in [2.05, 4.69) is 4.98 Å². The second-order valence-corrected chi connectivity index (χ2v) is 8.38. The van der Waals surface area contributed by atoms with Gasteiger partial charge < -0.3 is 9.72 Å². The summed E-state index contributed by atoms with van der Waals surface area (Å²) >= 11 is 0. The van der Waals surface area contributed by atoms with Gasteiger partial charge in [0.05, 0.1) is 17.1 Å². The molecule has 1 atom stereocenters. The summed E-state index contributed by atoms with van der Waals surface area (Å²) in [5, 5.41) is 0. The lowest BCUT2D eigenvalue weighted by molar-refractivity contribution is 0.0909. The van der Waals surface area contributed by atoms with Gasteiger partial charge in [0, 0.05) is 12.1 Å². The van der Waals surface area contributed by atoms with Gasteiger partial charge in [0.1, 0.15) is 12.4 Å². The quantitative estimate of drug-likeness (QED) is 0.393. The van der Waals surface area contributed by atoms with Crippen LogP contribution in [0.25, 0.3) is 22.2 Å². The number of nitrogens with one attached hydrogen (secondary N) is 1. The smallest absolute Gasteiger partial charge is 0.410 e. The first kappa shape index (κ1) is 20.9. The zero-order chi connectivity index (χ0) is 22.8. The van der Waals surface area contributed by atoms with Crippen molar-refractivity contribution in [2.75, 3.05) is 6.54 Å². The second-order valence-electron chi connectivity index (χ2n) is 8.38. The summed E-state index contributed by atoms with van der Waals surface area (Å²) in [7, 11) is 0. The SMILES string of the molecule is CC(=O)c1cccc(-c2ccc3nc(C4CCCN4C(=O)OCc4ccccc4)[nH]c3c2)c1. The number of amides is 1. The standard InChI is InChI=1S/C27H25N3O3/c1-18(31)20-9-5-10-21(15-20)22-12-13-23-24(16-22)29-26(28-23)25-11-6-14-30(25)27(32)33-17-19-7-3-2-4-8-19/h2-5,7-10,12-13,15-16,25H,6,11,14,17H2,1H3,(H,28,29). The number of aromatic amines is 1. The van der Waals surface area contributed by atoms with Crippen LogP contribution >= 0.6 is 0 Å². The van der Waals surface area contributed by atoms with Crippen molar-refractivity contribution in [3.8, 4) is 11.1 Å². The second kappa shape index (κ2) is 8.90. The number of imidazole rings is 1. The van der Waals surface area contributed by atoms with Gasteiger partial charge in [-0.25, -0.2) is 9.78 Å². The highest BCUT2D eigenvalue weighted by atomic mass is 16.6. The Bertz CT molecular complexity index is 1310. The Morgan fingerprint density at radius 3 is 2.67 bits per heavy atom. The highest BCUT2D eigenvalue weighted by Crippen LogP contribution is 2.33. The number of fused-ring (bicyclic) bond motifs is 1. The van der Waals surface area contributed by atoms with Crippen molar-refractivity contribution >= 4 is 22.9 Å². The molecule has 4 aromatic rings. The number of rotatable bonds is 5. The van der Waals surface area contributed by atoms with Crippen LogP contribution in [0.3, 0.4) is 0 Å². The Balaban J connectivity index is 1.36. The van der Waals surface area contributed by atoms with Crippen molar-refractivity contribution in [2.24, 2.45) is 0 Å². The molecule has 1 aliphatic heterocycles. The lowest BCUT2D eigenvalue weighted by Gasteiger charge is -2.22. The van der Waals surface area contributed by atoms with Crippen molar-refractivity contribution < 1.29 is 14.3 Å². The van der Waals surface area contributed by atoms with Crippen LogP contribution in [0.2, 0.25) is 0 Å². The predicted molar refractivity (Wildman–Crippen MR) is 127 cm³/mol. The number of ketones is 1. The fourth-order valence-electron chi connectivity index (χ4n) is 4.36. The Kier molecular flexibility index (Phi) is 5.65. The van der Waals surface area contributed by atoms with E-state index in [0.717, 1.165) is 46.4 Å². The fourth-order valence-corrected chi connectivity index (χ4v) is 4.36. The van der Waals surface area contributed by atoms with E-state index in [9.17, 15) is 9.59 Å². The Hall–Kier alpha value is -3.93. The van der Waals surface area contributed by atoms with Crippen LogP contribution < -0.4 is 0 Å². The van der Waals surface area contributed by atoms with Crippen molar-refractivity contribution in [3.05, 3.63) is 89.7 Å². The molecule has 166 valence electrons. The highest BCUT2D eigenvalue weighted by molar-refractivity contribution is 5.95. The van der Waals surface area contributed by atoms with Crippen molar-refractivity contribution in [1.29, 1.82) is 0 Å². The minimum Gasteiger partial charge on any atom is -0.445 e. The molecule has 0 aliphatic carbocycles. The van der Waals surface area contributed by atoms with Gasteiger partial charge in [-0.3, -0.25) is 9.69 Å². The molecule has 3 aromatic carbocycles. The van der Waals surface area contributed by atoms with E-state index in [-0.39, 0.29) is 24.5 Å². The first-order valence-corrected chi connectivity index (χ1v) is 11.2. The Morgan fingerprint density at radius 2 is 1.85 bits per heavy atom. The molecule has 0 spiro atoms. The van der Waals surface area contributed by atoms with Gasteiger partial charge in [0.25, 0.3) is 0 Å². The third kappa shape index (κ3) is 4.37. The maximum atomic E-state index is 12.8.